The minimum absolute atomic E-state index is 0.00483. The summed E-state index contributed by atoms with van der Waals surface area (Å²) >= 11 is 1.57. The van der Waals surface area contributed by atoms with E-state index in [0.717, 1.165) is 27.3 Å². The van der Waals surface area contributed by atoms with Crippen LogP contribution in [-0.2, 0) is 40.0 Å². The monoisotopic (exact) mass is 822 g/mol. The molecule has 8 N–H and O–H groups in total. The molecule has 17 nitrogen and oxygen atoms in total. The molecule has 5 rings (SSSR count). The lowest BCUT2D eigenvalue weighted by atomic mass is 9.68. The number of aromatic nitrogens is 1. The van der Waals surface area contributed by atoms with Gasteiger partial charge in [-0.3, -0.25) is 35.1 Å². The molecule has 3 aliphatic rings. The molecule has 2 fully saturated rings. The number of hydrogen-bond donors (Lipinski definition) is 7. The summed E-state index contributed by atoms with van der Waals surface area (Å²) in [6.07, 6.45) is 4.41. The molecule has 0 bridgehead atoms. The number of rotatable bonds is 16. The first-order chi connectivity index (χ1) is 27.5. The molecule has 58 heavy (non-hydrogen) atoms. The van der Waals surface area contributed by atoms with Crippen LogP contribution in [0.4, 0.5) is 4.79 Å². The number of benzene rings is 1. The van der Waals surface area contributed by atoms with Crippen molar-refractivity contribution >= 4 is 47.0 Å². The number of likely N-dealkylation sites (tertiary alicyclic amines) is 1. The summed E-state index contributed by atoms with van der Waals surface area (Å²) in [5.41, 5.74) is 6.69. The zero-order valence-corrected chi connectivity index (χ0v) is 34.3. The molecule has 0 unspecified atom stereocenters. The second kappa shape index (κ2) is 19.1. The molecule has 1 aliphatic heterocycles. The number of nitrogens with two attached hydrogens (primary N) is 1. The number of carboxylic acids is 1. The van der Waals surface area contributed by atoms with Crippen LogP contribution in [0.2, 0.25) is 0 Å². The highest BCUT2D eigenvalue weighted by Gasteiger charge is 2.51. The number of ether oxygens (including phenoxy) is 2. The predicted molar refractivity (Wildman–Crippen MR) is 214 cm³/mol. The van der Waals surface area contributed by atoms with Gasteiger partial charge in [0.25, 0.3) is 0 Å². The first-order valence-electron chi connectivity index (χ1n) is 19.3. The number of carbonyl (C=O) groups is 6. The van der Waals surface area contributed by atoms with Crippen molar-refractivity contribution in [1.82, 2.24) is 36.6 Å². The van der Waals surface area contributed by atoms with Crippen molar-refractivity contribution in [2.75, 3.05) is 19.9 Å². The maximum absolute atomic E-state index is 13.8. The van der Waals surface area contributed by atoms with E-state index in [1.165, 1.54) is 11.8 Å². The fourth-order valence-corrected chi connectivity index (χ4v) is 7.81. The van der Waals surface area contributed by atoms with Crippen molar-refractivity contribution in [3.8, 4) is 10.4 Å². The van der Waals surface area contributed by atoms with E-state index in [0.29, 0.717) is 25.0 Å². The largest absolute Gasteiger partial charge is 0.480 e. The smallest absolute Gasteiger partial charge is 0.409 e. The minimum atomic E-state index is -1.47. The average Bonchev–Trinajstić information content (AvgIpc) is 3.79. The van der Waals surface area contributed by atoms with Crippen LogP contribution < -0.4 is 32.5 Å². The van der Waals surface area contributed by atoms with Gasteiger partial charge in [-0.1, -0.05) is 57.5 Å². The third-order valence-corrected chi connectivity index (χ3v) is 11.8. The maximum Gasteiger partial charge on any atom is 0.409 e. The van der Waals surface area contributed by atoms with Crippen LogP contribution in [0.5, 0.6) is 0 Å². The van der Waals surface area contributed by atoms with Gasteiger partial charge in [-0.2, -0.15) is 0 Å². The highest BCUT2D eigenvalue weighted by molar-refractivity contribution is 7.13. The Morgan fingerprint density at radius 2 is 1.79 bits per heavy atom. The normalized spacial score (nSPS) is 19.7. The molecule has 18 heteroatoms. The van der Waals surface area contributed by atoms with Crippen LogP contribution >= 0.6 is 11.3 Å². The fraction of sp³-hybridized carbons (Fsp3) is 0.525. The number of aryl methyl sites for hydroxylation is 1. The van der Waals surface area contributed by atoms with Crippen LogP contribution in [-0.4, -0.2) is 94.8 Å². The van der Waals surface area contributed by atoms with Crippen molar-refractivity contribution < 1.29 is 43.3 Å². The summed E-state index contributed by atoms with van der Waals surface area (Å²) in [5, 5.41) is 20.3. The number of aliphatic carboxylic acids is 1. The van der Waals surface area contributed by atoms with Crippen LogP contribution in [0.25, 0.3) is 10.4 Å². The molecule has 1 saturated carbocycles. The SMILES string of the molecule is Cc1ncsc1-c1ccc(CNC(=O)[C@@H]2C[C@@H](OCNC(=O)OCC3=CC=C(NC(=O)[C@H](C)NC(=O)C4(C(=O)O)CCC4)CC3)CN2C(=O)[C@@H](NN)C(C)(C)C)cc1. The third kappa shape index (κ3) is 10.7. The van der Waals surface area contributed by atoms with Gasteiger partial charge < -0.3 is 35.4 Å². The number of amides is 5. The first-order valence-corrected chi connectivity index (χ1v) is 20.2. The van der Waals surface area contributed by atoms with E-state index in [2.05, 4.69) is 31.7 Å². The van der Waals surface area contributed by atoms with Gasteiger partial charge in [0.15, 0.2) is 0 Å². The Balaban J connectivity index is 1.08. The summed E-state index contributed by atoms with van der Waals surface area (Å²) in [7, 11) is 0. The van der Waals surface area contributed by atoms with E-state index in [4.69, 9.17) is 15.3 Å². The summed E-state index contributed by atoms with van der Waals surface area (Å²) < 4.78 is 11.3. The van der Waals surface area contributed by atoms with E-state index < -0.39 is 58.9 Å². The molecule has 4 atom stereocenters. The van der Waals surface area contributed by atoms with E-state index in [1.807, 2.05) is 52.0 Å². The van der Waals surface area contributed by atoms with Gasteiger partial charge in [-0.25, -0.2) is 15.2 Å². The molecule has 1 saturated heterocycles. The van der Waals surface area contributed by atoms with E-state index in [9.17, 15) is 33.9 Å². The van der Waals surface area contributed by atoms with Crippen LogP contribution in [0, 0.1) is 17.8 Å². The van der Waals surface area contributed by atoms with Gasteiger partial charge in [0.05, 0.1) is 22.2 Å². The quantitative estimate of drug-likeness (QED) is 0.0560. The highest BCUT2D eigenvalue weighted by Crippen LogP contribution is 2.41. The van der Waals surface area contributed by atoms with Crippen molar-refractivity contribution in [3.63, 3.8) is 0 Å². The number of hydrazine groups is 1. The maximum atomic E-state index is 13.8. The molecule has 2 aromatic rings. The number of alkyl carbamates (subject to hydrolysis) is 1. The Morgan fingerprint density at radius 3 is 2.36 bits per heavy atom. The second-order valence-corrected chi connectivity index (χ2v) is 16.9. The van der Waals surface area contributed by atoms with Gasteiger partial charge in [0.2, 0.25) is 23.6 Å². The van der Waals surface area contributed by atoms with Gasteiger partial charge in [-0.05, 0) is 67.7 Å². The van der Waals surface area contributed by atoms with E-state index >= 15 is 0 Å². The Kier molecular flexibility index (Phi) is 14.4. The Hall–Kier alpha value is -5.17. The molecule has 0 spiro atoms. The van der Waals surface area contributed by atoms with Gasteiger partial charge in [0.1, 0.15) is 36.9 Å². The summed E-state index contributed by atoms with van der Waals surface area (Å²) in [4.78, 5) is 83.6. The van der Waals surface area contributed by atoms with Crippen molar-refractivity contribution in [3.05, 3.63) is 64.5 Å². The molecule has 5 amide bonds. The standard InChI is InChI=1S/C40H54N8O9S/c1-23-31(58-22-44-23)27-11-7-25(8-12-27)18-42-34(50)30-17-29(19-48(30)35(51)32(47-41)39(3,4)5)57-21-43-38(55)56-20-26-9-13-28(14-10-26)46-33(49)24(2)45-36(52)40(37(53)54)15-6-16-40/h7-9,11-13,22,24,29-30,32,47H,6,10,14-21,41H2,1-5H3,(H,42,50)(H,43,55)(H,45,52)(H,46,49)(H,53,54)/t24-,29+,30-,32+/m0/s1. The number of nitrogens with one attached hydrogen (secondary N) is 5. The number of allylic oxidation sites excluding steroid dienone is 3. The molecular formula is C40H54N8O9S. The van der Waals surface area contributed by atoms with Crippen molar-refractivity contribution in [1.29, 1.82) is 0 Å². The minimum Gasteiger partial charge on any atom is -0.480 e. The number of carboxylic acid groups (broad SMARTS) is 1. The van der Waals surface area contributed by atoms with Crippen LogP contribution in [0.1, 0.15) is 77.5 Å². The third-order valence-electron chi connectivity index (χ3n) is 10.8. The Bertz CT molecular complexity index is 1920. The molecule has 1 aromatic heterocycles. The first kappa shape index (κ1) is 43.9. The molecule has 2 heterocycles. The summed E-state index contributed by atoms with van der Waals surface area (Å²) in [6.45, 7) is 9.22. The topological polar surface area (TPSA) is 243 Å². The lowest BCUT2D eigenvalue weighted by molar-refractivity contribution is -0.162. The summed E-state index contributed by atoms with van der Waals surface area (Å²) in [6, 6.07) is 5.33. The summed E-state index contributed by atoms with van der Waals surface area (Å²) in [5.74, 6) is 2.81. The molecule has 314 valence electrons. The zero-order valence-electron chi connectivity index (χ0n) is 33.5. The van der Waals surface area contributed by atoms with Gasteiger partial charge in [0, 0.05) is 25.2 Å². The average molecular weight is 823 g/mol. The lowest BCUT2D eigenvalue weighted by Crippen LogP contribution is -2.58. The van der Waals surface area contributed by atoms with Crippen molar-refractivity contribution in [2.24, 2.45) is 16.7 Å². The van der Waals surface area contributed by atoms with E-state index in [1.54, 1.807) is 29.0 Å². The fourth-order valence-electron chi connectivity index (χ4n) is 7.00. The Morgan fingerprint density at radius 1 is 1.07 bits per heavy atom. The van der Waals surface area contributed by atoms with Crippen LogP contribution in [0.15, 0.2) is 53.2 Å². The molecule has 1 aromatic carbocycles. The molecule has 0 radical (unpaired) electrons. The van der Waals surface area contributed by atoms with Crippen molar-refractivity contribution in [2.45, 2.75) is 104 Å². The molecule has 2 aliphatic carbocycles. The van der Waals surface area contributed by atoms with E-state index in [-0.39, 0.29) is 57.5 Å². The van der Waals surface area contributed by atoms with Gasteiger partial charge in [-0.15, -0.1) is 11.3 Å². The lowest BCUT2D eigenvalue weighted by Gasteiger charge is -2.36. The highest BCUT2D eigenvalue weighted by atomic mass is 32.1. The molecular weight excluding hydrogens is 769 g/mol. The number of nitrogens with zero attached hydrogens (tertiary/aromatic N) is 2. The second-order valence-electron chi connectivity index (χ2n) is 16.0. The predicted octanol–water partition coefficient (Wildman–Crippen LogP) is 2.76. The number of carbonyl (C=O) groups excluding carboxylic acids is 5. The number of thiazole rings is 1. The van der Waals surface area contributed by atoms with Gasteiger partial charge >= 0.3 is 12.1 Å². The Labute approximate surface area is 341 Å². The number of hydrogen-bond acceptors (Lipinski definition) is 12. The van der Waals surface area contributed by atoms with Crippen LogP contribution in [0.3, 0.4) is 0 Å². The zero-order chi connectivity index (χ0) is 42.2.